The summed E-state index contributed by atoms with van der Waals surface area (Å²) in [7, 11) is 0. The number of anilines is 1. The average Bonchev–Trinajstić information content (AvgIpc) is 2.37. The van der Waals surface area contributed by atoms with Crippen LogP contribution in [0.15, 0.2) is 41.0 Å². The first-order chi connectivity index (χ1) is 9.17. The van der Waals surface area contributed by atoms with Gasteiger partial charge in [-0.25, -0.2) is 9.37 Å². The lowest BCUT2D eigenvalue weighted by Gasteiger charge is -2.08. The molecule has 0 aliphatic carbocycles. The third-order valence-corrected chi connectivity index (χ3v) is 2.91. The van der Waals surface area contributed by atoms with Crippen molar-refractivity contribution >= 4 is 21.6 Å². The van der Waals surface area contributed by atoms with Gasteiger partial charge in [-0.3, -0.25) is 0 Å². The molecule has 5 heteroatoms. The van der Waals surface area contributed by atoms with Crippen molar-refractivity contribution in [2.24, 2.45) is 0 Å². The summed E-state index contributed by atoms with van der Waals surface area (Å²) < 4.78 is 19.2. The molecule has 0 atom stereocenters. The van der Waals surface area contributed by atoms with Crippen LogP contribution in [-0.4, -0.2) is 11.6 Å². The zero-order chi connectivity index (χ0) is 13.7. The van der Waals surface area contributed by atoms with Gasteiger partial charge in [0.1, 0.15) is 5.82 Å². The van der Waals surface area contributed by atoms with E-state index in [2.05, 4.69) is 26.2 Å². The quantitative estimate of drug-likeness (QED) is 0.902. The molecule has 1 N–H and O–H groups in total. The van der Waals surface area contributed by atoms with Gasteiger partial charge in [0, 0.05) is 17.1 Å². The summed E-state index contributed by atoms with van der Waals surface area (Å²) in [5, 5.41) is 3.18. The molecule has 1 aromatic carbocycles. The molecule has 3 nitrogen and oxygen atoms in total. The van der Waals surface area contributed by atoms with E-state index < -0.39 is 0 Å². The molecule has 0 fully saturated rings. The standard InChI is InChI=1S/C14H14BrFN2O/c1-2-19-14-4-3-13(9-18-14)17-8-10-5-11(15)7-12(16)6-10/h3-7,9,17H,2,8H2,1H3. The van der Waals surface area contributed by atoms with E-state index in [0.717, 1.165) is 15.7 Å². The van der Waals surface area contributed by atoms with E-state index in [1.54, 1.807) is 12.3 Å². The lowest BCUT2D eigenvalue weighted by molar-refractivity contribution is 0.327. The normalized spacial score (nSPS) is 10.3. The molecule has 2 aromatic rings. The van der Waals surface area contributed by atoms with E-state index in [1.807, 2.05) is 19.1 Å². The molecule has 0 radical (unpaired) electrons. The molecule has 1 aromatic heterocycles. The van der Waals surface area contributed by atoms with Gasteiger partial charge in [-0.1, -0.05) is 15.9 Å². The summed E-state index contributed by atoms with van der Waals surface area (Å²) in [6, 6.07) is 8.49. The molecule has 0 saturated carbocycles. The average molecular weight is 325 g/mol. The predicted octanol–water partition coefficient (Wildman–Crippen LogP) is 3.99. The molecule has 1 heterocycles. The second kappa shape index (κ2) is 6.52. The number of ether oxygens (including phenoxy) is 1. The lowest BCUT2D eigenvalue weighted by atomic mass is 10.2. The molecule has 0 bridgehead atoms. The van der Waals surface area contributed by atoms with Crippen LogP contribution in [0.25, 0.3) is 0 Å². The van der Waals surface area contributed by atoms with Gasteiger partial charge in [-0.15, -0.1) is 0 Å². The number of hydrogen-bond acceptors (Lipinski definition) is 3. The van der Waals surface area contributed by atoms with Crippen molar-refractivity contribution in [2.75, 3.05) is 11.9 Å². The van der Waals surface area contributed by atoms with Crippen LogP contribution in [0.4, 0.5) is 10.1 Å². The first kappa shape index (κ1) is 13.8. The van der Waals surface area contributed by atoms with Crippen molar-refractivity contribution in [1.82, 2.24) is 4.98 Å². The lowest BCUT2D eigenvalue weighted by Crippen LogP contribution is -2.01. The predicted molar refractivity (Wildman–Crippen MR) is 76.8 cm³/mol. The Bertz CT molecular complexity index is 525. The largest absolute Gasteiger partial charge is 0.478 e. The van der Waals surface area contributed by atoms with Crippen LogP contribution >= 0.6 is 15.9 Å². The van der Waals surface area contributed by atoms with Gasteiger partial charge >= 0.3 is 0 Å². The van der Waals surface area contributed by atoms with Gasteiger partial charge in [0.2, 0.25) is 5.88 Å². The molecule has 0 spiro atoms. The van der Waals surface area contributed by atoms with Gasteiger partial charge in [0.15, 0.2) is 0 Å². The molecule has 2 rings (SSSR count). The molecule has 0 amide bonds. The van der Waals surface area contributed by atoms with E-state index in [1.165, 1.54) is 12.1 Å². The molecule has 0 aliphatic rings. The summed E-state index contributed by atoms with van der Waals surface area (Å²) in [5.41, 5.74) is 1.73. The summed E-state index contributed by atoms with van der Waals surface area (Å²) >= 11 is 3.27. The Balaban J connectivity index is 1.98. The fraction of sp³-hybridized carbons (Fsp3) is 0.214. The highest BCUT2D eigenvalue weighted by Gasteiger charge is 2.00. The number of pyridine rings is 1. The Kier molecular flexibility index (Phi) is 4.74. The Morgan fingerprint density at radius 1 is 1.32 bits per heavy atom. The number of aromatic nitrogens is 1. The smallest absolute Gasteiger partial charge is 0.213 e. The van der Waals surface area contributed by atoms with Crippen LogP contribution in [-0.2, 0) is 6.54 Å². The van der Waals surface area contributed by atoms with Crippen molar-refractivity contribution in [3.8, 4) is 5.88 Å². The first-order valence-corrected chi connectivity index (χ1v) is 6.74. The number of nitrogens with one attached hydrogen (secondary N) is 1. The van der Waals surface area contributed by atoms with Crippen LogP contribution in [0.1, 0.15) is 12.5 Å². The fourth-order valence-electron chi connectivity index (χ4n) is 1.64. The SMILES string of the molecule is CCOc1ccc(NCc2cc(F)cc(Br)c2)cn1. The van der Waals surface area contributed by atoms with Gasteiger partial charge in [0.05, 0.1) is 18.5 Å². The second-order valence-electron chi connectivity index (χ2n) is 3.95. The van der Waals surface area contributed by atoms with Crippen molar-refractivity contribution in [2.45, 2.75) is 13.5 Å². The minimum atomic E-state index is -0.254. The number of hydrogen-bond donors (Lipinski definition) is 1. The van der Waals surface area contributed by atoms with E-state index in [-0.39, 0.29) is 5.82 Å². The highest BCUT2D eigenvalue weighted by atomic mass is 79.9. The third-order valence-electron chi connectivity index (χ3n) is 2.45. The van der Waals surface area contributed by atoms with E-state index in [4.69, 9.17) is 4.74 Å². The molecule has 19 heavy (non-hydrogen) atoms. The Hall–Kier alpha value is -1.62. The van der Waals surface area contributed by atoms with Gasteiger partial charge in [-0.2, -0.15) is 0 Å². The maximum atomic E-state index is 13.2. The van der Waals surface area contributed by atoms with Gasteiger partial charge < -0.3 is 10.1 Å². The molecule has 0 unspecified atom stereocenters. The van der Waals surface area contributed by atoms with Crippen molar-refractivity contribution in [3.63, 3.8) is 0 Å². The van der Waals surface area contributed by atoms with E-state index in [9.17, 15) is 4.39 Å². The second-order valence-corrected chi connectivity index (χ2v) is 4.87. The zero-order valence-electron chi connectivity index (χ0n) is 10.5. The van der Waals surface area contributed by atoms with Gasteiger partial charge in [-0.05, 0) is 36.8 Å². The highest BCUT2D eigenvalue weighted by Crippen LogP contribution is 2.17. The van der Waals surface area contributed by atoms with Crippen LogP contribution in [0.2, 0.25) is 0 Å². The molecule has 0 aliphatic heterocycles. The number of benzene rings is 1. The fourth-order valence-corrected chi connectivity index (χ4v) is 2.15. The summed E-state index contributed by atoms with van der Waals surface area (Å²) in [6.07, 6.45) is 1.69. The maximum absolute atomic E-state index is 13.2. The summed E-state index contributed by atoms with van der Waals surface area (Å²) in [5.74, 6) is 0.345. The third kappa shape index (κ3) is 4.21. The van der Waals surface area contributed by atoms with Crippen LogP contribution in [0.3, 0.4) is 0 Å². The zero-order valence-corrected chi connectivity index (χ0v) is 12.1. The topological polar surface area (TPSA) is 34.1 Å². The Morgan fingerprint density at radius 2 is 2.16 bits per heavy atom. The monoisotopic (exact) mass is 324 g/mol. The van der Waals surface area contributed by atoms with Crippen molar-refractivity contribution in [3.05, 3.63) is 52.4 Å². The van der Waals surface area contributed by atoms with Crippen molar-refractivity contribution in [1.29, 1.82) is 0 Å². The van der Waals surface area contributed by atoms with Crippen molar-refractivity contribution < 1.29 is 9.13 Å². The first-order valence-electron chi connectivity index (χ1n) is 5.95. The van der Waals surface area contributed by atoms with Crippen LogP contribution in [0.5, 0.6) is 5.88 Å². The minimum Gasteiger partial charge on any atom is -0.478 e. The summed E-state index contributed by atoms with van der Waals surface area (Å²) in [6.45, 7) is 3.04. The van der Waals surface area contributed by atoms with E-state index in [0.29, 0.717) is 19.0 Å². The Morgan fingerprint density at radius 3 is 2.79 bits per heavy atom. The summed E-state index contributed by atoms with van der Waals surface area (Å²) in [4.78, 5) is 4.15. The molecular formula is C14H14BrFN2O. The van der Waals surface area contributed by atoms with Crippen LogP contribution in [0, 0.1) is 5.82 Å². The van der Waals surface area contributed by atoms with Crippen LogP contribution < -0.4 is 10.1 Å². The molecule has 0 saturated heterocycles. The van der Waals surface area contributed by atoms with Gasteiger partial charge in [0.25, 0.3) is 0 Å². The maximum Gasteiger partial charge on any atom is 0.213 e. The minimum absolute atomic E-state index is 0.254. The number of rotatable bonds is 5. The number of halogens is 2. The molecular weight excluding hydrogens is 311 g/mol. The number of nitrogens with zero attached hydrogens (tertiary/aromatic N) is 1. The Labute approximate surface area is 119 Å². The highest BCUT2D eigenvalue weighted by molar-refractivity contribution is 9.10. The molecule has 100 valence electrons. The van der Waals surface area contributed by atoms with E-state index >= 15 is 0 Å².